The number of pyridine rings is 1. The number of aromatic amines is 1. The number of phenols is 1. The second-order valence-corrected chi connectivity index (χ2v) is 10.7. The minimum Gasteiger partial charge on any atom is -0.507 e. The number of rotatable bonds is 3. The number of hydrogen-bond acceptors (Lipinski definition) is 6. The molecule has 0 bridgehead atoms. The van der Waals surface area contributed by atoms with Crippen LogP contribution >= 0.6 is 15.9 Å². The summed E-state index contributed by atoms with van der Waals surface area (Å²) in [6.45, 7) is 8.89. The zero-order valence-electron chi connectivity index (χ0n) is 18.5. The molecule has 3 aromatic heterocycles. The third kappa shape index (κ3) is 3.80. The van der Waals surface area contributed by atoms with E-state index in [0.717, 1.165) is 45.3 Å². The van der Waals surface area contributed by atoms with Crippen molar-refractivity contribution in [1.29, 1.82) is 0 Å². The molecule has 4 heterocycles. The summed E-state index contributed by atoms with van der Waals surface area (Å²) in [5.41, 5.74) is 4.74. The highest BCUT2D eigenvalue weighted by molar-refractivity contribution is 9.10. The second-order valence-electron chi connectivity index (χ2n) is 9.89. The van der Waals surface area contributed by atoms with Crippen LogP contribution in [0.4, 0.5) is 0 Å². The molecule has 3 N–H and O–H groups in total. The fraction of sp³-hybridized carbons (Fsp3) is 0.391. The molecule has 8 nitrogen and oxygen atoms in total. The van der Waals surface area contributed by atoms with E-state index in [-0.39, 0.29) is 22.9 Å². The molecule has 0 unspecified atom stereocenters. The summed E-state index contributed by atoms with van der Waals surface area (Å²) in [6, 6.07) is 7.71. The lowest BCUT2D eigenvalue weighted by molar-refractivity contribution is 0.127. The number of nitrogens with one attached hydrogen (secondary N) is 2. The molecule has 0 aliphatic carbocycles. The Morgan fingerprint density at radius 3 is 2.44 bits per heavy atom. The van der Waals surface area contributed by atoms with Crippen LogP contribution in [0.15, 0.2) is 41.3 Å². The predicted molar refractivity (Wildman–Crippen MR) is 127 cm³/mol. The Hall–Kier alpha value is -2.78. The van der Waals surface area contributed by atoms with Gasteiger partial charge in [0.15, 0.2) is 5.65 Å². The monoisotopic (exact) mass is 495 g/mol. The van der Waals surface area contributed by atoms with Crippen LogP contribution < -0.4 is 5.32 Å². The Bertz CT molecular complexity index is 1290. The zero-order valence-corrected chi connectivity index (χ0v) is 20.1. The van der Waals surface area contributed by atoms with Crippen molar-refractivity contribution in [2.75, 3.05) is 0 Å². The Labute approximate surface area is 194 Å². The molecule has 0 saturated carbocycles. The summed E-state index contributed by atoms with van der Waals surface area (Å²) in [5, 5.41) is 30.1. The van der Waals surface area contributed by atoms with Gasteiger partial charge < -0.3 is 10.4 Å². The largest absolute Gasteiger partial charge is 0.507 e. The maximum absolute atomic E-state index is 10.7. The molecule has 0 spiro atoms. The summed E-state index contributed by atoms with van der Waals surface area (Å²) in [4.78, 5) is 4.70. The maximum Gasteiger partial charge on any atom is 0.178 e. The van der Waals surface area contributed by atoms with Crippen LogP contribution in [0, 0.1) is 0 Å². The van der Waals surface area contributed by atoms with Gasteiger partial charge in [-0.3, -0.25) is 5.10 Å². The molecule has 4 aromatic rings. The number of phenolic OH excluding ortho intramolecular Hbond substituents is 1. The topological polar surface area (TPSA) is 105 Å². The Morgan fingerprint density at radius 1 is 1.03 bits per heavy atom. The van der Waals surface area contributed by atoms with Crippen molar-refractivity contribution in [3.05, 3.63) is 41.3 Å². The first-order valence-corrected chi connectivity index (χ1v) is 11.4. The van der Waals surface area contributed by atoms with Crippen LogP contribution in [0.25, 0.3) is 33.4 Å². The molecule has 166 valence electrons. The molecule has 5 rings (SSSR count). The Morgan fingerprint density at radius 2 is 1.78 bits per heavy atom. The molecule has 1 aliphatic heterocycles. The predicted octanol–water partition coefficient (Wildman–Crippen LogP) is 4.83. The molecule has 0 atom stereocenters. The first-order valence-electron chi connectivity index (χ1n) is 10.6. The number of nitrogens with zero attached hydrogens (tertiary/aromatic N) is 5. The van der Waals surface area contributed by atoms with E-state index in [2.05, 4.69) is 69.5 Å². The van der Waals surface area contributed by atoms with Gasteiger partial charge in [0.25, 0.3) is 0 Å². The SMILES string of the molecule is CC1(C)CC(n2nnc3cc(-c4ccc(-c5cn[nH]c5Br)cc4O)cnc32)CC(C)(C)N1. The van der Waals surface area contributed by atoms with Gasteiger partial charge in [-0.05, 0) is 80.2 Å². The molecule has 1 aliphatic rings. The second kappa shape index (κ2) is 7.38. The molecular weight excluding hydrogens is 470 g/mol. The summed E-state index contributed by atoms with van der Waals surface area (Å²) >= 11 is 3.44. The lowest BCUT2D eigenvalue weighted by Crippen LogP contribution is -2.58. The highest BCUT2D eigenvalue weighted by atomic mass is 79.9. The first kappa shape index (κ1) is 21.1. The quantitative estimate of drug-likeness (QED) is 0.375. The Balaban J connectivity index is 1.49. The number of H-pyrrole nitrogens is 1. The van der Waals surface area contributed by atoms with Crippen LogP contribution in [0.3, 0.4) is 0 Å². The van der Waals surface area contributed by atoms with E-state index in [1.807, 2.05) is 22.9 Å². The maximum atomic E-state index is 10.7. The van der Waals surface area contributed by atoms with Gasteiger partial charge in [-0.2, -0.15) is 5.10 Å². The van der Waals surface area contributed by atoms with Crippen molar-refractivity contribution >= 4 is 27.1 Å². The number of piperidine rings is 1. The molecule has 1 aromatic carbocycles. The number of aromatic nitrogens is 6. The van der Waals surface area contributed by atoms with Gasteiger partial charge in [0.1, 0.15) is 15.9 Å². The van der Waals surface area contributed by atoms with Crippen molar-refractivity contribution in [1.82, 2.24) is 35.5 Å². The third-order valence-electron chi connectivity index (χ3n) is 6.04. The number of hydrogen-bond donors (Lipinski definition) is 3. The molecule has 1 fully saturated rings. The highest BCUT2D eigenvalue weighted by Crippen LogP contribution is 2.38. The summed E-state index contributed by atoms with van der Waals surface area (Å²) in [6.07, 6.45) is 5.39. The Kier molecular flexibility index (Phi) is 4.86. The van der Waals surface area contributed by atoms with E-state index < -0.39 is 0 Å². The van der Waals surface area contributed by atoms with Gasteiger partial charge in [0, 0.05) is 34.0 Å². The average Bonchev–Trinajstić information content (AvgIpc) is 3.31. The average molecular weight is 496 g/mol. The van der Waals surface area contributed by atoms with Crippen LogP contribution in [-0.2, 0) is 0 Å². The van der Waals surface area contributed by atoms with E-state index in [1.54, 1.807) is 18.5 Å². The fourth-order valence-electron chi connectivity index (χ4n) is 5.08. The van der Waals surface area contributed by atoms with Crippen molar-refractivity contribution in [3.63, 3.8) is 0 Å². The normalized spacial score (nSPS) is 18.3. The minimum atomic E-state index is 0.00213. The fourth-order valence-corrected chi connectivity index (χ4v) is 5.52. The minimum absolute atomic E-state index is 0.00213. The van der Waals surface area contributed by atoms with Gasteiger partial charge in [-0.15, -0.1) is 5.10 Å². The summed E-state index contributed by atoms with van der Waals surface area (Å²) in [7, 11) is 0. The summed E-state index contributed by atoms with van der Waals surface area (Å²) < 4.78 is 2.73. The molecule has 9 heteroatoms. The van der Waals surface area contributed by atoms with Gasteiger partial charge in [0.05, 0.1) is 12.2 Å². The van der Waals surface area contributed by atoms with E-state index >= 15 is 0 Å². The van der Waals surface area contributed by atoms with E-state index in [4.69, 9.17) is 4.98 Å². The highest BCUT2D eigenvalue weighted by Gasteiger charge is 2.39. The lowest BCUT2D eigenvalue weighted by atomic mass is 9.79. The molecule has 0 amide bonds. The first-order chi connectivity index (χ1) is 15.1. The van der Waals surface area contributed by atoms with Crippen molar-refractivity contribution < 1.29 is 5.11 Å². The molecule has 0 radical (unpaired) electrons. The number of fused-ring (bicyclic) bond motifs is 1. The van der Waals surface area contributed by atoms with Crippen LogP contribution in [0.2, 0.25) is 0 Å². The van der Waals surface area contributed by atoms with Gasteiger partial charge in [-0.1, -0.05) is 11.3 Å². The van der Waals surface area contributed by atoms with Crippen molar-refractivity contribution in [2.24, 2.45) is 0 Å². The number of aromatic hydroxyl groups is 1. The van der Waals surface area contributed by atoms with Crippen molar-refractivity contribution in [2.45, 2.75) is 57.7 Å². The van der Waals surface area contributed by atoms with Crippen LogP contribution in [0.5, 0.6) is 5.75 Å². The number of benzene rings is 1. The van der Waals surface area contributed by atoms with Crippen LogP contribution in [0.1, 0.15) is 46.6 Å². The zero-order chi connectivity index (χ0) is 22.7. The lowest BCUT2D eigenvalue weighted by Gasteiger charge is -2.46. The molecular formula is C23H26BrN7O. The van der Waals surface area contributed by atoms with Crippen LogP contribution in [-0.4, -0.2) is 46.4 Å². The van der Waals surface area contributed by atoms with E-state index in [1.165, 1.54) is 0 Å². The van der Waals surface area contributed by atoms with E-state index in [9.17, 15) is 5.11 Å². The van der Waals surface area contributed by atoms with Crippen molar-refractivity contribution in [3.8, 4) is 28.0 Å². The molecule has 1 saturated heterocycles. The number of halogens is 1. The van der Waals surface area contributed by atoms with Gasteiger partial charge in [0.2, 0.25) is 0 Å². The standard InChI is InChI=1S/C23H26BrN7O/c1-22(2)9-15(10-23(3,4)29-22)31-21-18(27-30-31)7-14(11-25-21)16-6-5-13(8-19(16)32)17-12-26-28-20(17)24/h5-8,11-12,15,29,32H,9-10H2,1-4H3,(H,26,28). The summed E-state index contributed by atoms with van der Waals surface area (Å²) in [5.74, 6) is 0.172. The smallest absolute Gasteiger partial charge is 0.178 e. The van der Waals surface area contributed by atoms with E-state index in [0.29, 0.717) is 5.56 Å². The van der Waals surface area contributed by atoms with Gasteiger partial charge in [-0.25, -0.2) is 9.67 Å². The van der Waals surface area contributed by atoms with Gasteiger partial charge >= 0.3 is 0 Å². The molecule has 32 heavy (non-hydrogen) atoms. The third-order valence-corrected chi connectivity index (χ3v) is 6.64.